The Bertz CT molecular complexity index is 415. The zero-order valence-electron chi connectivity index (χ0n) is 7.91. The maximum atomic E-state index is 11.7. The molecule has 1 aromatic carbocycles. The summed E-state index contributed by atoms with van der Waals surface area (Å²) in [6.45, 7) is -0.633. The fraction of sp³-hybridized carbons (Fsp3) is 0.222. The minimum Gasteiger partial charge on any atom is -0.394 e. The number of aliphatic hydroxyl groups excluding tert-OH is 1. The molecule has 1 aromatic rings. The first-order valence-corrected chi connectivity index (χ1v) is 5.70. The Morgan fingerprint density at radius 1 is 1.27 bits per heavy atom. The summed E-state index contributed by atoms with van der Waals surface area (Å²) in [5, 5.41) is 8.61. The molecule has 6 heteroatoms. The van der Waals surface area contributed by atoms with Crippen LogP contribution in [0.25, 0.3) is 0 Å². The standard InChI is InChI=1S/C9H11NO4S/c11-7-6-10(8-12)15(13,14)9-4-2-1-3-5-9/h1-5,8,11H,6-7H2. The second kappa shape index (κ2) is 4.90. The highest BCUT2D eigenvalue weighted by Gasteiger charge is 2.21. The molecule has 0 spiro atoms. The summed E-state index contributed by atoms with van der Waals surface area (Å²) in [6, 6.07) is 7.59. The number of hydrogen-bond acceptors (Lipinski definition) is 4. The van der Waals surface area contributed by atoms with Crippen LogP contribution < -0.4 is 0 Å². The minimum absolute atomic E-state index is 0.0329. The minimum atomic E-state index is -3.81. The number of benzene rings is 1. The van der Waals surface area contributed by atoms with Crippen molar-refractivity contribution < 1.29 is 18.3 Å². The highest BCUT2D eigenvalue weighted by atomic mass is 32.2. The third kappa shape index (κ3) is 2.54. The average molecular weight is 229 g/mol. The van der Waals surface area contributed by atoms with Gasteiger partial charge in [-0.15, -0.1) is 0 Å². The summed E-state index contributed by atoms with van der Waals surface area (Å²) in [4.78, 5) is 10.6. The Kier molecular flexibility index (Phi) is 3.81. The van der Waals surface area contributed by atoms with Crippen molar-refractivity contribution in [2.75, 3.05) is 13.2 Å². The predicted molar refractivity (Wildman–Crippen MR) is 53.5 cm³/mol. The van der Waals surface area contributed by atoms with Crippen molar-refractivity contribution in [2.24, 2.45) is 0 Å². The van der Waals surface area contributed by atoms with Crippen molar-refractivity contribution in [1.82, 2.24) is 4.31 Å². The Morgan fingerprint density at radius 3 is 2.33 bits per heavy atom. The van der Waals surface area contributed by atoms with Crippen molar-refractivity contribution in [2.45, 2.75) is 4.90 Å². The van der Waals surface area contributed by atoms with Crippen LogP contribution in [0, 0.1) is 0 Å². The van der Waals surface area contributed by atoms with Crippen LogP contribution in [-0.4, -0.2) is 37.4 Å². The van der Waals surface area contributed by atoms with Gasteiger partial charge in [0.2, 0.25) is 6.41 Å². The van der Waals surface area contributed by atoms with Gasteiger partial charge in [0.25, 0.3) is 10.0 Å². The van der Waals surface area contributed by atoms with Gasteiger partial charge in [0, 0.05) is 0 Å². The highest BCUT2D eigenvalue weighted by molar-refractivity contribution is 7.89. The first kappa shape index (κ1) is 11.7. The molecule has 1 N–H and O–H groups in total. The number of carbonyl (C=O) groups is 1. The van der Waals surface area contributed by atoms with Crippen LogP contribution in [0.2, 0.25) is 0 Å². The Hall–Kier alpha value is -1.40. The number of amides is 1. The fourth-order valence-electron chi connectivity index (χ4n) is 1.06. The molecule has 15 heavy (non-hydrogen) atoms. The quantitative estimate of drug-likeness (QED) is 0.711. The lowest BCUT2D eigenvalue weighted by Gasteiger charge is -2.15. The van der Waals surface area contributed by atoms with E-state index in [4.69, 9.17) is 5.11 Å². The van der Waals surface area contributed by atoms with Gasteiger partial charge in [-0.25, -0.2) is 12.7 Å². The summed E-state index contributed by atoms with van der Waals surface area (Å²) in [5.41, 5.74) is 0. The molecule has 0 atom stereocenters. The van der Waals surface area contributed by atoms with Crippen LogP contribution in [0.5, 0.6) is 0 Å². The molecular weight excluding hydrogens is 218 g/mol. The SMILES string of the molecule is O=CN(CCO)S(=O)(=O)c1ccccc1. The van der Waals surface area contributed by atoms with Gasteiger partial charge >= 0.3 is 0 Å². The van der Waals surface area contributed by atoms with Crippen LogP contribution in [-0.2, 0) is 14.8 Å². The fourth-order valence-corrected chi connectivity index (χ4v) is 2.26. The van der Waals surface area contributed by atoms with E-state index in [-0.39, 0.29) is 17.9 Å². The lowest BCUT2D eigenvalue weighted by Crippen LogP contribution is -2.32. The van der Waals surface area contributed by atoms with Crippen LogP contribution >= 0.6 is 0 Å². The monoisotopic (exact) mass is 229 g/mol. The van der Waals surface area contributed by atoms with Gasteiger partial charge in [-0.1, -0.05) is 18.2 Å². The number of nitrogens with zero attached hydrogens (tertiary/aromatic N) is 1. The third-order valence-corrected chi connectivity index (χ3v) is 3.54. The molecule has 5 nitrogen and oxygen atoms in total. The average Bonchev–Trinajstić information content (AvgIpc) is 2.27. The third-order valence-electron chi connectivity index (χ3n) is 1.79. The Morgan fingerprint density at radius 2 is 1.87 bits per heavy atom. The van der Waals surface area contributed by atoms with Crippen molar-refractivity contribution in [1.29, 1.82) is 0 Å². The van der Waals surface area contributed by atoms with Gasteiger partial charge in [-0.2, -0.15) is 0 Å². The zero-order chi connectivity index (χ0) is 11.3. The summed E-state index contributed by atoms with van der Waals surface area (Å²) in [7, 11) is -3.81. The molecule has 0 aliphatic rings. The van der Waals surface area contributed by atoms with E-state index in [0.717, 1.165) is 0 Å². The molecule has 0 unspecified atom stereocenters. The molecule has 1 amide bonds. The maximum absolute atomic E-state index is 11.7. The zero-order valence-corrected chi connectivity index (χ0v) is 8.72. The number of sulfonamides is 1. The summed E-state index contributed by atoms with van der Waals surface area (Å²) in [5.74, 6) is 0. The van der Waals surface area contributed by atoms with Gasteiger partial charge in [0.05, 0.1) is 18.0 Å². The number of carbonyl (C=O) groups excluding carboxylic acids is 1. The van der Waals surface area contributed by atoms with Crippen molar-refractivity contribution in [3.05, 3.63) is 30.3 Å². The molecule has 0 bridgehead atoms. The molecule has 0 fully saturated rings. The van der Waals surface area contributed by atoms with E-state index in [1.807, 2.05) is 0 Å². The number of aliphatic hydroxyl groups is 1. The number of hydrogen-bond donors (Lipinski definition) is 1. The molecule has 0 aliphatic carbocycles. The van der Waals surface area contributed by atoms with Gasteiger partial charge in [-0.3, -0.25) is 4.79 Å². The van der Waals surface area contributed by atoms with E-state index in [1.54, 1.807) is 18.2 Å². The molecule has 0 aliphatic heterocycles. The van der Waals surface area contributed by atoms with Crippen LogP contribution in [0.3, 0.4) is 0 Å². The van der Waals surface area contributed by atoms with E-state index in [9.17, 15) is 13.2 Å². The summed E-state index contributed by atoms with van der Waals surface area (Å²) in [6.07, 6.45) is 0.193. The maximum Gasteiger partial charge on any atom is 0.266 e. The molecular formula is C9H11NO4S. The van der Waals surface area contributed by atoms with Crippen LogP contribution in [0.4, 0.5) is 0 Å². The molecule has 0 aromatic heterocycles. The normalized spacial score (nSPS) is 11.0. The largest absolute Gasteiger partial charge is 0.394 e. The van der Waals surface area contributed by atoms with Crippen LogP contribution in [0.15, 0.2) is 35.2 Å². The topological polar surface area (TPSA) is 74.7 Å². The van der Waals surface area contributed by atoms with Gasteiger partial charge < -0.3 is 5.11 Å². The Balaban J connectivity index is 3.06. The van der Waals surface area contributed by atoms with Crippen LogP contribution in [0.1, 0.15) is 0 Å². The lowest BCUT2D eigenvalue weighted by atomic mass is 10.4. The second-order valence-electron chi connectivity index (χ2n) is 2.76. The van der Waals surface area contributed by atoms with Crippen molar-refractivity contribution in [3.8, 4) is 0 Å². The number of rotatable bonds is 5. The smallest absolute Gasteiger partial charge is 0.266 e. The molecule has 0 saturated carbocycles. The lowest BCUT2D eigenvalue weighted by molar-refractivity contribution is -0.114. The molecule has 82 valence electrons. The highest BCUT2D eigenvalue weighted by Crippen LogP contribution is 2.12. The summed E-state index contributed by atoms with van der Waals surface area (Å²) >= 11 is 0. The van der Waals surface area contributed by atoms with E-state index in [2.05, 4.69) is 0 Å². The van der Waals surface area contributed by atoms with E-state index in [1.165, 1.54) is 12.1 Å². The first-order valence-electron chi connectivity index (χ1n) is 4.26. The van der Waals surface area contributed by atoms with E-state index >= 15 is 0 Å². The van der Waals surface area contributed by atoms with Gasteiger partial charge in [0.15, 0.2) is 0 Å². The summed E-state index contributed by atoms with van der Waals surface area (Å²) < 4.78 is 24.0. The van der Waals surface area contributed by atoms with Crippen molar-refractivity contribution in [3.63, 3.8) is 0 Å². The van der Waals surface area contributed by atoms with E-state index in [0.29, 0.717) is 4.31 Å². The van der Waals surface area contributed by atoms with Gasteiger partial charge in [-0.05, 0) is 12.1 Å². The molecule has 1 rings (SSSR count). The van der Waals surface area contributed by atoms with E-state index < -0.39 is 16.6 Å². The van der Waals surface area contributed by atoms with Crippen molar-refractivity contribution >= 4 is 16.4 Å². The second-order valence-corrected chi connectivity index (χ2v) is 4.65. The Labute approximate surface area is 88.0 Å². The molecule has 0 radical (unpaired) electrons. The van der Waals surface area contributed by atoms with Gasteiger partial charge in [0.1, 0.15) is 0 Å². The molecule has 0 saturated heterocycles. The predicted octanol–water partition coefficient (Wildman–Crippen LogP) is -0.174. The molecule has 0 heterocycles. The first-order chi connectivity index (χ1) is 7.12.